The summed E-state index contributed by atoms with van der Waals surface area (Å²) >= 11 is 0. The number of ether oxygens (including phenoxy) is 2. The third-order valence-corrected chi connectivity index (χ3v) is 3.52. The molecule has 0 aromatic carbocycles. The lowest BCUT2D eigenvalue weighted by atomic mass is 10.1. The standard InChI is InChI=1S/C17H20N4O2/c1-10(2)13-8-19-16(22-4)7-14(13)23-15-9-18-11(3)20-17(15)21-12-5-6-12/h7-9,12H,1,5-6H2,2-4H3,(H,18,20,21). The van der Waals surface area contributed by atoms with E-state index in [1.807, 2.05) is 13.8 Å². The molecule has 1 aliphatic rings. The van der Waals surface area contributed by atoms with Crippen LogP contribution in [0.4, 0.5) is 5.82 Å². The Morgan fingerprint density at radius 3 is 2.70 bits per heavy atom. The summed E-state index contributed by atoms with van der Waals surface area (Å²) < 4.78 is 11.2. The minimum absolute atomic E-state index is 0.472. The number of rotatable bonds is 6. The van der Waals surface area contributed by atoms with Crippen molar-refractivity contribution in [2.24, 2.45) is 0 Å². The van der Waals surface area contributed by atoms with E-state index < -0.39 is 0 Å². The number of allylic oxidation sites excluding steroid dienone is 1. The minimum atomic E-state index is 0.472. The first-order valence-electron chi connectivity index (χ1n) is 7.54. The minimum Gasteiger partial charge on any atom is -0.481 e. The molecule has 0 bridgehead atoms. The van der Waals surface area contributed by atoms with Crippen molar-refractivity contribution in [1.29, 1.82) is 0 Å². The lowest BCUT2D eigenvalue weighted by Gasteiger charge is -2.15. The van der Waals surface area contributed by atoms with Crippen LogP contribution >= 0.6 is 0 Å². The molecule has 1 N–H and O–H groups in total. The number of nitrogens with zero attached hydrogens (tertiary/aromatic N) is 3. The van der Waals surface area contributed by atoms with E-state index in [9.17, 15) is 0 Å². The van der Waals surface area contributed by atoms with Gasteiger partial charge in [0.2, 0.25) is 5.88 Å². The van der Waals surface area contributed by atoms with Crippen LogP contribution in [-0.2, 0) is 0 Å². The van der Waals surface area contributed by atoms with Gasteiger partial charge in [0.1, 0.15) is 11.6 Å². The van der Waals surface area contributed by atoms with E-state index in [1.165, 1.54) is 0 Å². The molecule has 0 amide bonds. The van der Waals surface area contributed by atoms with Gasteiger partial charge in [0.25, 0.3) is 0 Å². The molecule has 120 valence electrons. The van der Waals surface area contributed by atoms with Crippen molar-refractivity contribution in [3.8, 4) is 17.4 Å². The number of pyridine rings is 1. The van der Waals surface area contributed by atoms with E-state index in [4.69, 9.17) is 9.47 Å². The summed E-state index contributed by atoms with van der Waals surface area (Å²) in [6.07, 6.45) is 5.69. The maximum absolute atomic E-state index is 6.06. The predicted octanol–water partition coefficient (Wildman–Crippen LogP) is 3.59. The number of anilines is 1. The van der Waals surface area contributed by atoms with E-state index in [1.54, 1.807) is 25.6 Å². The Morgan fingerprint density at radius 2 is 2.04 bits per heavy atom. The molecule has 0 spiro atoms. The van der Waals surface area contributed by atoms with Gasteiger partial charge in [-0.3, -0.25) is 0 Å². The van der Waals surface area contributed by atoms with Crippen LogP contribution in [0, 0.1) is 6.92 Å². The molecule has 0 radical (unpaired) electrons. The lowest BCUT2D eigenvalue weighted by Crippen LogP contribution is -2.07. The Balaban J connectivity index is 1.96. The predicted molar refractivity (Wildman–Crippen MR) is 89.0 cm³/mol. The molecule has 2 aromatic rings. The van der Waals surface area contributed by atoms with Crippen LogP contribution in [-0.4, -0.2) is 28.1 Å². The van der Waals surface area contributed by atoms with Gasteiger partial charge < -0.3 is 14.8 Å². The lowest BCUT2D eigenvalue weighted by molar-refractivity contribution is 0.392. The van der Waals surface area contributed by atoms with Crippen molar-refractivity contribution in [2.45, 2.75) is 32.7 Å². The fourth-order valence-electron chi connectivity index (χ4n) is 2.11. The summed E-state index contributed by atoms with van der Waals surface area (Å²) in [6, 6.07) is 2.21. The zero-order chi connectivity index (χ0) is 16.4. The number of methoxy groups -OCH3 is 1. The van der Waals surface area contributed by atoms with Crippen LogP contribution in [0.3, 0.4) is 0 Å². The molecule has 1 aliphatic carbocycles. The van der Waals surface area contributed by atoms with Crippen molar-refractivity contribution in [2.75, 3.05) is 12.4 Å². The molecule has 0 atom stereocenters. The molecule has 2 heterocycles. The van der Waals surface area contributed by atoms with Gasteiger partial charge >= 0.3 is 0 Å². The van der Waals surface area contributed by atoms with E-state index in [0.717, 1.165) is 24.0 Å². The molecular formula is C17H20N4O2. The van der Waals surface area contributed by atoms with Gasteiger partial charge in [-0.15, -0.1) is 0 Å². The summed E-state index contributed by atoms with van der Waals surface area (Å²) in [6.45, 7) is 7.74. The van der Waals surface area contributed by atoms with Crippen LogP contribution in [0.25, 0.3) is 5.57 Å². The highest BCUT2D eigenvalue weighted by Gasteiger charge is 2.24. The summed E-state index contributed by atoms with van der Waals surface area (Å²) in [7, 11) is 1.57. The van der Waals surface area contributed by atoms with Gasteiger partial charge in [0.15, 0.2) is 11.6 Å². The maximum atomic E-state index is 6.06. The van der Waals surface area contributed by atoms with Crippen LogP contribution in [0.5, 0.6) is 17.4 Å². The van der Waals surface area contributed by atoms with Crippen LogP contribution in [0.1, 0.15) is 31.2 Å². The van der Waals surface area contributed by atoms with Crippen LogP contribution in [0.15, 0.2) is 25.0 Å². The quantitative estimate of drug-likeness (QED) is 0.879. The molecule has 1 fully saturated rings. The van der Waals surface area contributed by atoms with Crippen LogP contribution < -0.4 is 14.8 Å². The number of hydrogen-bond donors (Lipinski definition) is 1. The van der Waals surface area contributed by atoms with Gasteiger partial charge in [-0.05, 0) is 32.3 Å². The third-order valence-electron chi connectivity index (χ3n) is 3.52. The second kappa shape index (κ2) is 6.24. The summed E-state index contributed by atoms with van der Waals surface area (Å²) in [5.41, 5.74) is 1.68. The zero-order valence-electron chi connectivity index (χ0n) is 13.6. The van der Waals surface area contributed by atoms with Crippen LogP contribution in [0.2, 0.25) is 0 Å². The first-order chi connectivity index (χ1) is 11.1. The largest absolute Gasteiger partial charge is 0.481 e. The van der Waals surface area contributed by atoms with Crippen molar-refractivity contribution in [3.63, 3.8) is 0 Å². The summed E-state index contributed by atoms with van der Waals surface area (Å²) in [4.78, 5) is 12.9. The Labute approximate surface area is 135 Å². The van der Waals surface area contributed by atoms with E-state index in [-0.39, 0.29) is 0 Å². The van der Waals surface area contributed by atoms with Gasteiger partial charge in [0.05, 0.1) is 13.3 Å². The second-order valence-corrected chi connectivity index (χ2v) is 5.65. The molecule has 1 saturated carbocycles. The maximum Gasteiger partial charge on any atom is 0.216 e. The highest BCUT2D eigenvalue weighted by Crippen LogP contribution is 2.35. The topological polar surface area (TPSA) is 69.2 Å². The number of nitrogens with one attached hydrogen (secondary N) is 1. The average molecular weight is 312 g/mol. The fraction of sp³-hybridized carbons (Fsp3) is 0.353. The molecule has 2 aromatic heterocycles. The Bertz CT molecular complexity index is 741. The molecule has 0 unspecified atom stereocenters. The van der Waals surface area contributed by atoms with E-state index in [0.29, 0.717) is 35.1 Å². The normalized spacial score (nSPS) is 13.5. The Morgan fingerprint density at radius 1 is 1.26 bits per heavy atom. The van der Waals surface area contributed by atoms with Crippen molar-refractivity contribution < 1.29 is 9.47 Å². The fourth-order valence-corrected chi connectivity index (χ4v) is 2.11. The molecule has 6 nitrogen and oxygen atoms in total. The SMILES string of the molecule is C=C(C)c1cnc(OC)cc1Oc1cnc(C)nc1NC1CC1. The molecule has 3 rings (SSSR count). The highest BCUT2D eigenvalue weighted by atomic mass is 16.5. The van der Waals surface area contributed by atoms with Crippen molar-refractivity contribution in [3.05, 3.63) is 36.4 Å². The summed E-state index contributed by atoms with van der Waals surface area (Å²) in [5, 5.41) is 3.38. The van der Waals surface area contributed by atoms with Crippen molar-refractivity contribution in [1.82, 2.24) is 15.0 Å². The molecule has 0 saturated heterocycles. The second-order valence-electron chi connectivity index (χ2n) is 5.65. The monoisotopic (exact) mass is 312 g/mol. The van der Waals surface area contributed by atoms with Gasteiger partial charge in [-0.2, -0.15) is 0 Å². The first-order valence-corrected chi connectivity index (χ1v) is 7.54. The van der Waals surface area contributed by atoms with E-state index >= 15 is 0 Å². The third kappa shape index (κ3) is 3.59. The highest BCUT2D eigenvalue weighted by molar-refractivity contribution is 5.68. The smallest absolute Gasteiger partial charge is 0.216 e. The summed E-state index contributed by atoms with van der Waals surface area (Å²) in [5.74, 6) is 3.10. The Hall–Kier alpha value is -2.63. The molecule has 23 heavy (non-hydrogen) atoms. The molecular weight excluding hydrogens is 292 g/mol. The Kier molecular flexibility index (Phi) is 4.14. The molecule has 6 heteroatoms. The van der Waals surface area contributed by atoms with Gasteiger partial charge in [-0.25, -0.2) is 15.0 Å². The first kappa shape index (κ1) is 15.3. The number of aryl methyl sites for hydroxylation is 1. The van der Waals surface area contributed by atoms with Gasteiger partial charge in [-0.1, -0.05) is 6.58 Å². The zero-order valence-corrected chi connectivity index (χ0v) is 13.6. The van der Waals surface area contributed by atoms with Crippen molar-refractivity contribution >= 4 is 11.4 Å². The average Bonchev–Trinajstić information content (AvgIpc) is 3.33. The number of aromatic nitrogens is 3. The van der Waals surface area contributed by atoms with Gasteiger partial charge in [0, 0.05) is 23.9 Å². The van der Waals surface area contributed by atoms with E-state index in [2.05, 4.69) is 26.8 Å². The molecule has 0 aliphatic heterocycles. The number of hydrogen-bond acceptors (Lipinski definition) is 6.